The summed E-state index contributed by atoms with van der Waals surface area (Å²) in [4.78, 5) is 9.23. The molecule has 0 fully saturated rings. The molecule has 0 saturated heterocycles. The number of aromatic nitrogens is 1. The molecule has 0 aliphatic heterocycles. The number of hydrogen-bond donors (Lipinski definition) is 1. The first-order valence-electron chi connectivity index (χ1n) is 8.63. The Labute approximate surface area is 155 Å². The number of hydrogen-bond acceptors (Lipinski definition) is 3. The Morgan fingerprint density at radius 1 is 1.04 bits per heavy atom. The van der Waals surface area contributed by atoms with Gasteiger partial charge in [0.15, 0.2) is 0 Å². The second-order valence-electron chi connectivity index (χ2n) is 6.46. The van der Waals surface area contributed by atoms with Gasteiger partial charge in [0.25, 0.3) is 0 Å². The molecule has 3 rings (SSSR count). The monoisotopic (exact) mass is 341 g/mol. The molecule has 0 saturated carbocycles. The highest BCUT2D eigenvalue weighted by Gasteiger charge is 2.06. The number of para-hydroxylation sites is 1. The minimum absolute atomic E-state index is 0.624. The van der Waals surface area contributed by atoms with Crippen LogP contribution in [0.4, 0.5) is 5.69 Å². The fourth-order valence-corrected chi connectivity index (χ4v) is 2.65. The molecule has 0 aliphatic rings. The molecular weight excluding hydrogens is 318 g/mol. The van der Waals surface area contributed by atoms with Crippen LogP contribution in [0, 0.1) is 13.8 Å². The van der Waals surface area contributed by atoms with Crippen molar-refractivity contribution in [3.05, 3.63) is 101 Å². The Hall–Kier alpha value is -3.20. The third kappa shape index (κ3) is 4.25. The van der Waals surface area contributed by atoms with Gasteiger partial charge in [0.05, 0.1) is 11.4 Å². The van der Waals surface area contributed by atoms with Gasteiger partial charge >= 0.3 is 0 Å². The number of nitrogens with two attached hydrogens (primary N) is 1. The molecule has 2 N–H and O–H groups in total. The van der Waals surface area contributed by atoms with Gasteiger partial charge < -0.3 is 5.73 Å². The number of anilines is 1. The summed E-state index contributed by atoms with van der Waals surface area (Å²) in [5.41, 5.74) is 13.6. The van der Waals surface area contributed by atoms with Crippen LogP contribution in [0.25, 0.3) is 5.70 Å². The van der Waals surface area contributed by atoms with Crippen molar-refractivity contribution in [1.82, 2.24) is 4.98 Å². The van der Waals surface area contributed by atoms with Crippen molar-refractivity contribution in [3.63, 3.8) is 0 Å². The summed E-state index contributed by atoms with van der Waals surface area (Å²) in [6.07, 6.45) is 2.53. The average Bonchev–Trinajstić information content (AvgIpc) is 2.64. The van der Waals surface area contributed by atoms with E-state index in [4.69, 9.17) is 10.7 Å². The highest BCUT2D eigenvalue weighted by Crippen LogP contribution is 2.18. The second kappa shape index (κ2) is 7.79. The van der Waals surface area contributed by atoms with Crippen LogP contribution in [-0.4, -0.2) is 11.2 Å². The highest BCUT2D eigenvalue weighted by atomic mass is 14.8. The lowest BCUT2D eigenvalue weighted by Crippen LogP contribution is -1.99. The van der Waals surface area contributed by atoms with E-state index in [0.717, 1.165) is 23.4 Å². The van der Waals surface area contributed by atoms with E-state index in [1.807, 2.05) is 30.3 Å². The smallest absolute Gasteiger partial charge is 0.0883 e. The normalized spacial score (nSPS) is 11.0. The standard InChI is InChI=1S/C23H23N3/c1-16-8-11-19(12-9-16)14-23-17(2)10-13-22(26-23)18(3)25-15-20-6-4-5-7-21(20)24/h4-13,15H,3,14,24H2,1-2H3/b25-15-. The number of nitrogens with zero attached hydrogens (tertiary/aromatic N) is 2. The van der Waals surface area contributed by atoms with E-state index in [1.54, 1.807) is 6.21 Å². The Balaban J connectivity index is 1.81. The molecule has 0 amide bonds. The number of aryl methyl sites for hydroxylation is 2. The van der Waals surface area contributed by atoms with Gasteiger partial charge in [-0.1, -0.05) is 60.7 Å². The minimum atomic E-state index is 0.624. The van der Waals surface area contributed by atoms with Crippen molar-refractivity contribution in [1.29, 1.82) is 0 Å². The molecule has 1 aromatic heterocycles. The molecule has 0 spiro atoms. The quantitative estimate of drug-likeness (QED) is 0.527. The molecular formula is C23H23N3. The summed E-state index contributed by atoms with van der Waals surface area (Å²) in [5, 5.41) is 0. The Morgan fingerprint density at radius 2 is 1.77 bits per heavy atom. The Morgan fingerprint density at radius 3 is 2.50 bits per heavy atom. The first kappa shape index (κ1) is 17.6. The van der Waals surface area contributed by atoms with Crippen LogP contribution in [0.3, 0.4) is 0 Å². The summed E-state index contributed by atoms with van der Waals surface area (Å²) < 4.78 is 0. The maximum atomic E-state index is 5.95. The molecule has 0 radical (unpaired) electrons. The van der Waals surface area contributed by atoms with E-state index in [0.29, 0.717) is 11.4 Å². The fraction of sp³-hybridized carbons (Fsp3) is 0.130. The minimum Gasteiger partial charge on any atom is -0.398 e. The number of benzene rings is 2. The lowest BCUT2D eigenvalue weighted by molar-refractivity contribution is 1.03. The van der Waals surface area contributed by atoms with Gasteiger partial charge in [0.2, 0.25) is 0 Å². The molecule has 0 atom stereocenters. The van der Waals surface area contributed by atoms with Crippen molar-refractivity contribution in [2.24, 2.45) is 4.99 Å². The van der Waals surface area contributed by atoms with Crippen molar-refractivity contribution < 1.29 is 0 Å². The van der Waals surface area contributed by atoms with E-state index in [9.17, 15) is 0 Å². The van der Waals surface area contributed by atoms with Crippen LogP contribution in [0.2, 0.25) is 0 Å². The van der Waals surface area contributed by atoms with E-state index in [2.05, 4.69) is 55.8 Å². The number of nitrogen functional groups attached to an aromatic ring is 1. The Kier molecular flexibility index (Phi) is 5.28. The zero-order valence-electron chi connectivity index (χ0n) is 15.2. The van der Waals surface area contributed by atoms with Gasteiger partial charge in [-0.15, -0.1) is 0 Å². The van der Waals surface area contributed by atoms with Crippen LogP contribution < -0.4 is 5.73 Å². The lowest BCUT2D eigenvalue weighted by Gasteiger charge is -2.09. The topological polar surface area (TPSA) is 51.3 Å². The maximum Gasteiger partial charge on any atom is 0.0883 e. The average molecular weight is 341 g/mol. The maximum absolute atomic E-state index is 5.95. The number of aliphatic imine (C=N–C) groups is 1. The molecule has 0 bridgehead atoms. The number of rotatable bonds is 5. The Bertz CT molecular complexity index is 953. The van der Waals surface area contributed by atoms with Crippen LogP contribution in [0.1, 0.15) is 33.6 Å². The van der Waals surface area contributed by atoms with Crippen molar-refractivity contribution in [2.45, 2.75) is 20.3 Å². The summed E-state index contributed by atoms with van der Waals surface area (Å²) in [6, 6.07) is 20.2. The van der Waals surface area contributed by atoms with E-state index in [-0.39, 0.29) is 0 Å². The summed E-state index contributed by atoms with van der Waals surface area (Å²) >= 11 is 0. The molecule has 1 heterocycles. The van der Waals surface area contributed by atoms with Crippen LogP contribution in [-0.2, 0) is 6.42 Å². The zero-order valence-corrected chi connectivity index (χ0v) is 15.2. The molecule has 0 aliphatic carbocycles. The lowest BCUT2D eigenvalue weighted by atomic mass is 10.0. The first-order valence-corrected chi connectivity index (χ1v) is 8.63. The predicted molar refractivity (Wildman–Crippen MR) is 110 cm³/mol. The van der Waals surface area contributed by atoms with Crippen molar-refractivity contribution in [2.75, 3.05) is 5.73 Å². The third-order valence-electron chi connectivity index (χ3n) is 4.35. The van der Waals surface area contributed by atoms with E-state index >= 15 is 0 Å². The van der Waals surface area contributed by atoms with Gasteiger partial charge in [-0.05, 0) is 37.1 Å². The first-order chi connectivity index (χ1) is 12.5. The molecule has 26 heavy (non-hydrogen) atoms. The predicted octanol–water partition coefficient (Wildman–Crippen LogP) is 4.96. The van der Waals surface area contributed by atoms with E-state index < -0.39 is 0 Å². The molecule has 0 unspecified atom stereocenters. The van der Waals surface area contributed by atoms with Gasteiger partial charge in [0, 0.05) is 29.6 Å². The fourth-order valence-electron chi connectivity index (χ4n) is 2.65. The van der Waals surface area contributed by atoms with Crippen molar-refractivity contribution >= 4 is 17.6 Å². The van der Waals surface area contributed by atoms with Gasteiger partial charge in [0.1, 0.15) is 0 Å². The van der Waals surface area contributed by atoms with E-state index in [1.165, 1.54) is 16.7 Å². The second-order valence-corrected chi connectivity index (χ2v) is 6.46. The van der Waals surface area contributed by atoms with Gasteiger partial charge in [-0.3, -0.25) is 9.98 Å². The van der Waals surface area contributed by atoms with Crippen LogP contribution in [0.5, 0.6) is 0 Å². The van der Waals surface area contributed by atoms with Gasteiger partial charge in [-0.2, -0.15) is 0 Å². The molecule has 3 heteroatoms. The summed E-state index contributed by atoms with van der Waals surface area (Å²) in [7, 11) is 0. The molecule has 3 nitrogen and oxygen atoms in total. The third-order valence-corrected chi connectivity index (χ3v) is 4.35. The summed E-state index contributed by atoms with van der Waals surface area (Å²) in [6.45, 7) is 8.23. The molecule has 130 valence electrons. The van der Waals surface area contributed by atoms with Crippen LogP contribution in [0.15, 0.2) is 72.2 Å². The molecule has 3 aromatic rings. The summed E-state index contributed by atoms with van der Waals surface area (Å²) in [5.74, 6) is 0. The highest BCUT2D eigenvalue weighted by molar-refractivity contribution is 5.90. The van der Waals surface area contributed by atoms with Crippen molar-refractivity contribution in [3.8, 4) is 0 Å². The zero-order chi connectivity index (χ0) is 18.5. The van der Waals surface area contributed by atoms with Gasteiger partial charge in [-0.25, -0.2) is 0 Å². The van der Waals surface area contributed by atoms with Crippen LogP contribution >= 0.6 is 0 Å². The largest absolute Gasteiger partial charge is 0.398 e. The molecule has 2 aromatic carbocycles. The SMILES string of the molecule is C=C(/N=C\c1ccccc1N)c1ccc(C)c(Cc2ccc(C)cc2)n1. The number of pyridine rings is 1.